The van der Waals surface area contributed by atoms with Crippen LogP contribution in [0.2, 0.25) is 0 Å². The maximum absolute atomic E-state index is 13.4. The van der Waals surface area contributed by atoms with Gasteiger partial charge in [0, 0.05) is 37.2 Å². The molecule has 0 saturated carbocycles. The van der Waals surface area contributed by atoms with Gasteiger partial charge in [0.2, 0.25) is 11.8 Å². The highest BCUT2D eigenvalue weighted by Crippen LogP contribution is 2.33. The van der Waals surface area contributed by atoms with Gasteiger partial charge < -0.3 is 20.4 Å². The first-order valence-electron chi connectivity index (χ1n) is 14.8. The van der Waals surface area contributed by atoms with E-state index in [9.17, 15) is 19.8 Å². The number of nitrogens with zero attached hydrogens (tertiary/aromatic N) is 3. The monoisotopic (exact) mass is 542 g/mol. The molecule has 1 aliphatic carbocycles. The third-order valence-electron chi connectivity index (χ3n) is 7.67. The number of aryl methyl sites for hydroxylation is 2. The number of aliphatic hydroxyl groups excluding tert-OH is 2. The molecular formula is C31H50N4O4. The van der Waals surface area contributed by atoms with Crippen LogP contribution in [0, 0.1) is 11.8 Å². The Morgan fingerprint density at radius 2 is 1.79 bits per heavy atom. The Morgan fingerprint density at radius 3 is 2.44 bits per heavy atom. The smallest absolute Gasteiger partial charge is 0.243 e. The highest BCUT2D eigenvalue weighted by atomic mass is 16.3. The Labute approximate surface area is 234 Å². The van der Waals surface area contributed by atoms with Crippen LogP contribution in [-0.4, -0.2) is 61.5 Å². The molecule has 2 aromatic rings. The van der Waals surface area contributed by atoms with Gasteiger partial charge in [0.05, 0.1) is 23.9 Å². The van der Waals surface area contributed by atoms with E-state index in [1.54, 1.807) is 6.20 Å². The zero-order valence-corrected chi connectivity index (χ0v) is 25.1. The summed E-state index contributed by atoms with van der Waals surface area (Å²) in [5, 5.41) is 28.6. The average Bonchev–Trinajstić information content (AvgIpc) is 3.56. The number of aliphatic hydroxyl groups is 2. The van der Waals surface area contributed by atoms with Crippen molar-refractivity contribution in [3.8, 4) is 11.3 Å². The van der Waals surface area contributed by atoms with Gasteiger partial charge in [-0.05, 0) is 55.4 Å². The lowest BCUT2D eigenvalue weighted by Crippen LogP contribution is -2.50. The van der Waals surface area contributed by atoms with Crippen LogP contribution in [0.3, 0.4) is 0 Å². The molecule has 2 amide bonds. The number of nitrogens with one attached hydrogen (secondary N) is 1. The Hall–Kier alpha value is -2.71. The summed E-state index contributed by atoms with van der Waals surface area (Å²) in [6, 6.07) is 6.82. The molecule has 8 nitrogen and oxygen atoms in total. The number of fused-ring (bicyclic) bond motifs is 1. The first-order valence-corrected chi connectivity index (χ1v) is 14.8. The molecule has 5 atom stereocenters. The molecule has 5 unspecified atom stereocenters. The number of hydrogen-bond acceptors (Lipinski definition) is 5. The first-order chi connectivity index (χ1) is 18.7. The first kappa shape index (κ1) is 32.5. The van der Waals surface area contributed by atoms with Crippen molar-refractivity contribution in [3.63, 3.8) is 0 Å². The fourth-order valence-electron chi connectivity index (χ4n) is 5.27. The molecule has 0 spiro atoms. The minimum atomic E-state index is -0.740. The minimum Gasteiger partial charge on any atom is -0.391 e. The maximum atomic E-state index is 13.4. The van der Waals surface area contributed by atoms with Gasteiger partial charge in [0.1, 0.15) is 6.04 Å². The van der Waals surface area contributed by atoms with Crippen LogP contribution in [0.4, 0.5) is 0 Å². The fourth-order valence-corrected chi connectivity index (χ4v) is 5.27. The third kappa shape index (κ3) is 7.48. The van der Waals surface area contributed by atoms with E-state index in [1.807, 2.05) is 71.3 Å². The molecule has 0 bridgehead atoms. The number of likely N-dealkylation sites (tertiary alicyclic amines) is 1. The van der Waals surface area contributed by atoms with Crippen molar-refractivity contribution in [2.24, 2.45) is 11.8 Å². The molecule has 2 heterocycles. The van der Waals surface area contributed by atoms with E-state index in [4.69, 9.17) is 0 Å². The van der Waals surface area contributed by atoms with Crippen LogP contribution in [0.25, 0.3) is 11.3 Å². The summed E-state index contributed by atoms with van der Waals surface area (Å²) in [7, 11) is 0. The number of carbonyl (C=O) groups excluding carboxylic acids is 2. The molecule has 0 radical (unpaired) electrons. The molecule has 8 heteroatoms. The average molecular weight is 543 g/mol. The minimum absolute atomic E-state index is 0.115. The van der Waals surface area contributed by atoms with E-state index in [-0.39, 0.29) is 36.6 Å². The lowest BCUT2D eigenvalue weighted by atomic mass is 9.94. The summed E-state index contributed by atoms with van der Waals surface area (Å²) in [6.45, 7) is 16.8. The molecule has 1 aromatic heterocycles. The molecule has 1 saturated heterocycles. The summed E-state index contributed by atoms with van der Waals surface area (Å²) in [5.74, 6) is -0.543. The zero-order valence-electron chi connectivity index (χ0n) is 25.1. The molecule has 2 aliphatic rings. The van der Waals surface area contributed by atoms with Gasteiger partial charge >= 0.3 is 0 Å². The summed E-state index contributed by atoms with van der Waals surface area (Å²) in [4.78, 5) is 28.0. The van der Waals surface area contributed by atoms with Gasteiger partial charge in [-0.1, -0.05) is 60.6 Å². The van der Waals surface area contributed by atoms with Crippen molar-refractivity contribution in [2.75, 3.05) is 6.54 Å². The third-order valence-corrected chi connectivity index (χ3v) is 7.67. The van der Waals surface area contributed by atoms with Gasteiger partial charge in [-0.15, -0.1) is 0 Å². The van der Waals surface area contributed by atoms with E-state index < -0.39 is 24.3 Å². The molecule has 1 aromatic carbocycles. The SMILES string of the molecule is CC.CC.CCn1nccc1-c1ccc2c(c1)CCCC(O)C2NC(=O)C1CC(O)CN1C(=O)C(C)C(C)C. The number of benzene rings is 1. The van der Waals surface area contributed by atoms with Gasteiger partial charge in [-0.2, -0.15) is 5.10 Å². The number of hydrogen-bond donors (Lipinski definition) is 3. The molecule has 218 valence electrons. The number of carbonyl (C=O) groups is 2. The predicted octanol–water partition coefficient (Wildman–Crippen LogP) is 4.73. The molecular weight excluding hydrogens is 492 g/mol. The Bertz CT molecular complexity index is 1070. The van der Waals surface area contributed by atoms with Crippen LogP contribution in [0.1, 0.15) is 91.8 Å². The summed E-state index contributed by atoms with van der Waals surface area (Å²) in [5.41, 5.74) is 4.10. The van der Waals surface area contributed by atoms with Crippen LogP contribution >= 0.6 is 0 Å². The normalized spacial score (nSPS) is 23.0. The molecule has 1 aliphatic heterocycles. The Balaban J connectivity index is 0.00000127. The van der Waals surface area contributed by atoms with Crippen molar-refractivity contribution >= 4 is 11.8 Å². The number of aromatic nitrogens is 2. The zero-order chi connectivity index (χ0) is 29.3. The topological polar surface area (TPSA) is 108 Å². The van der Waals surface area contributed by atoms with Crippen molar-refractivity contribution in [2.45, 2.75) is 112 Å². The van der Waals surface area contributed by atoms with Crippen LogP contribution in [0.15, 0.2) is 30.5 Å². The second kappa shape index (κ2) is 15.2. The fraction of sp³-hybridized carbons (Fsp3) is 0.645. The predicted molar refractivity (Wildman–Crippen MR) is 156 cm³/mol. The largest absolute Gasteiger partial charge is 0.391 e. The van der Waals surface area contributed by atoms with Crippen molar-refractivity contribution < 1.29 is 19.8 Å². The maximum Gasteiger partial charge on any atom is 0.243 e. The second-order valence-electron chi connectivity index (χ2n) is 10.3. The van der Waals surface area contributed by atoms with E-state index in [2.05, 4.69) is 23.4 Å². The lowest BCUT2D eigenvalue weighted by Gasteiger charge is -2.30. The van der Waals surface area contributed by atoms with Gasteiger partial charge in [-0.25, -0.2) is 0 Å². The lowest BCUT2D eigenvalue weighted by molar-refractivity contribution is -0.142. The molecule has 39 heavy (non-hydrogen) atoms. The van der Waals surface area contributed by atoms with Crippen LogP contribution < -0.4 is 5.32 Å². The highest BCUT2D eigenvalue weighted by molar-refractivity contribution is 5.89. The number of amides is 2. The van der Waals surface area contributed by atoms with Crippen molar-refractivity contribution in [1.29, 1.82) is 0 Å². The van der Waals surface area contributed by atoms with Crippen LogP contribution in [-0.2, 0) is 22.6 Å². The van der Waals surface area contributed by atoms with Gasteiger partial charge in [0.25, 0.3) is 0 Å². The van der Waals surface area contributed by atoms with E-state index >= 15 is 0 Å². The summed E-state index contributed by atoms with van der Waals surface area (Å²) in [6.07, 6.45) is 2.74. The molecule has 3 N–H and O–H groups in total. The quantitative estimate of drug-likeness (QED) is 0.458. The molecule has 4 rings (SSSR count). The standard InChI is InChI=1S/C27H38N4O4.2C2H6/c1-5-31-22(11-12-28-31)19-9-10-21-18(13-19)7-6-8-24(33)25(21)29-26(34)23-14-20(32)15-30(23)27(35)17(4)16(2)3;2*1-2/h9-13,16-17,20,23-25,32-33H,5-8,14-15H2,1-4H3,(H,29,34);2*1-2H3. The van der Waals surface area contributed by atoms with E-state index in [0.717, 1.165) is 41.8 Å². The second-order valence-corrected chi connectivity index (χ2v) is 10.3. The van der Waals surface area contributed by atoms with E-state index in [0.29, 0.717) is 6.42 Å². The number of β-amino-alcohol motifs (C(OH)–C–C–N with tert-alkyl or cyclic N) is 1. The van der Waals surface area contributed by atoms with Crippen LogP contribution in [0.5, 0.6) is 0 Å². The van der Waals surface area contributed by atoms with E-state index in [1.165, 1.54) is 4.90 Å². The Morgan fingerprint density at radius 1 is 1.10 bits per heavy atom. The van der Waals surface area contributed by atoms with Crippen molar-refractivity contribution in [1.82, 2.24) is 20.0 Å². The summed E-state index contributed by atoms with van der Waals surface area (Å²) < 4.78 is 1.95. The molecule has 1 fully saturated rings. The van der Waals surface area contributed by atoms with Gasteiger partial charge in [-0.3, -0.25) is 14.3 Å². The van der Waals surface area contributed by atoms with Gasteiger partial charge in [0.15, 0.2) is 0 Å². The van der Waals surface area contributed by atoms with Crippen molar-refractivity contribution in [3.05, 3.63) is 41.6 Å². The Kier molecular flexibility index (Phi) is 12.6. The number of rotatable bonds is 6. The highest BCUT2D eigenvalue weighted by Gasteiger charge is 2.42. The summed E-state index contributed by atoms with van der Waals surface area (Å²) >= 11 is 0.